The number of carbonyl (C=O) groups is 2. The van der Waals surface area contributed by atoms with Crippen LogP contribution in [0, 0.1) is 5.92 Å². The summed E-state index contributed by atoms with van der Waals surface area (Å²) < 4.78 is 4.95. The molecule has 2 rings (SSSR count). The molecule has 0 spiro atoms. The lowest BCUT2D eigenvalue weighted by Crippen LogP contribution is -2.31. The van der Waals surface area contributed by atoms with Gasteiger partial charge in [0.2, 0.25) is 0 Å². The molecule has 4 nitrogen and oxygen atoms in total. The Balaban J connectivity index is 1.73. The smallest absolute Gasteiger partial charge is 0.328 e. The first-order chi connectivity index (χ1) is 9.20. The van der Waals surface area contributed by atoms with Gasteiger partial charge in [-0.1, -0.05) is 25.7 Å². The molecule has 0 bridgehead atoms. The van der Waals surface area contributed by atoms with Crippen molar-refractivity contribution in [3.8, 4) is 0 Å². The van der Waals surface area contributed by atoms with Gasteiger partial charge in [0.1, 0.15) is 6.04 Å². The molecule has 1 aliphatic carbocycles. The van der Waals surface area contributed by atoms with E-state index in [1.165, 1.54) is 25.7 Å². The monoisotopic (exact) mass is 265 g/mol. The molecule has 1 aliphatic heterocycles. The molecule has 0 saturated heterocycles. The fourth-order valence-electron chi connectivity index (χ4n) is 2.92. The normalized spacial score (nSPS) is 23.0. The summed E-state index contributed by atoms with van der Waals surface area (Å²) in [6.45, 7) is 2.16. The minimum absolute atomic E-state index is 0.186. The van der Waals surface area contributed by atoms with Crippen molar-refractivity contribution in [3.63, 3.8) is 0 Å². The highest BCUT2D eigenvalue weighted by molar-refractivity contribution is 5.97. The standard InChI is InChI=1S/C15H23NO3/c1-2-19-15(18)13-9-12(10-16-13)14(17)8-7-11-5-3-4-6-11/h10-11,13,16H,2-9H2,1H3. The first-order valence-corrected chi connectivity index (χ1v) is 7.35. The summed E-state index contributed by atoms with van der Waals surface area (Å²) in [6.07, 6.45) is 8.96. The Hall–Kier alpha value is -1.32. The molecule has 4 heteroatoms. The average Bonchev–Trinajstić information content (AvgIpc) is 3.07. The molecule has 0 aromatic carbocycles. The molecule has 2 aliphatic rings. The molecule has 1 saturated carbocycles. The molecule has 1 heterocycles. The Labute approximate surface area is 114 Å². The van der Waals surface area contributed by atoms with E-state index >= 15 is 0 Å². The van der Waals surface area contributed by atoms with Crippen molar-refractivity contribution >= 4 is 11.8 Å². The van der Waals surface area contributed by atoms with Gasteiger partial charge in [-0.2, -0.15) is 0 Å². The summed E-state index contributed by atoms with van der Waals surface area (Å²) in [5.41, 5.74) is 0.746. The van der Waals surface area contributed by atoms with E-state index in [1.54, 1.807) is 13.1 Å². The van der Waals surface area contributed by atoms with E-state index in [4.69, 9.17) is 4.74 Å². The average molecular weight is 265 g/mol. The Bertz CT molecular complexity index is 370. The molecule has 0 aromatic rings. The third-order valence-corrected chi connectivity index (χ3v) is 4.07. The first-order valence-electron chi connectivity index (χ1n) is 7.35. The van der Waals surface area contributed by atoms with Crippen LogP contribution in [0.5, 0.6) is 0 Å². The van der Waals surface area contributed by atoms with Gasteiger partial charge in [0, 0.05) is 24.6 Å². The highest BCUT2D eigenvalue weighted by Gasteiger charge is 2.28. The topological polar surface area (TPSA) is 55.4 Å². The lowest BCUT2D eigenvalue weighted by molar-refractivity contribution is -0.145. The molecule has 1 fully saturated rings. The lowest BCUT2D eigenvalue weighted by Gasteiger charge is -2.10. The largest absolute Gasteiger partial charge is 0.464 e. The molecule has 1 unspecified atom stereocenters. The summed E-state index contributed by atoms with van der Waals surface area (Å²) in [6, 6.07) is -0.370. The second kappa shape index (κ2) is 6.73. The lowest BCUT2D eigenvalue weighted by atomic mass is 9.96. The molecule has 1 atom stereocenters. The van der Waals surface area contributed by atoms with E-state index in [2.05, 4.69) is 5.32 Å². The zero-order valence-electron chi connectivity index (χ0n) is 11.6. The van der Waals surface area contributed by atoms with E-state index in [-0.39, 0.29) is 17.8 Å². The summed E-state index contributed by atoms with van der Waals surface area (Å²) in [5.74, 6) is 0.656. The summed E-state index contributed by atoms with van der Waals surface area (Å²) in [4.78, 5) is 23.6. The number of nitrogens with one attached hydrogen (secondary N) is 1. The van der Waals surface area contributed by atoms with Gasteiger partial charge in [-0.25, -0.2) is 4.79 Å². The SMILES string of the molecule is CCOC(=O)C1CC(C(=O)CCC2CCCC2)=CN1. The Morgan fingerprint density at radius 3 is 2.79 bits per heavy atom. The van der Waals surface area contributed by atoms with Crippen molar-refractivity contribution in [2.75, 3.05) is 6.61 Å². The quantitative estimate of drug-likeness (QED) is 0.749. The zero-order valence-corrected chi connectivity index (χ0v) is 11.6. The molecule has 106 valence electrons. The highest BCUT2D eigenvalue weighted by Crippen LogP contribution is 2.29. The minimum Gasteiger partial charge on any atom is -0.464 e. The number of hydrogen-bond acceptors (Lipinski definition) is 4. The first kappa shape index (κ1) is 14.1. The van der Waals surface area contributed by atoms with Gasteiger partial charge >= 0.3 is 5.97 Å². The van der Waals surface area contributed by atoms with Gasteiger partial charge in [-0.15, -0.1) is 0 Å². The maximum atomic E-state index is 12.1. The van der Waals surface area contributed by atoms with Gasteiger partial charge in [0.25, 0.3) is 0 Å². The van der Waals surface area contributed by atoms with Crippen molar-refractivity contribution in [3.05, 3.63) is 11.8 Å². The second-order valence-electron chi connectivity index (χ2n) is 5.46. The van der Waals surface area contributed by atoms with Crippen molar-refractivity contribution in [1.29, 1.82) is 0 Å². The van der Waals surface area contributed by atoms with E-state index in [1.807, 2.05) is 0 Å². The van der Waals surface area contributed by atoms with Crippen LogP contribution < -0.4 is 5.32 Å². The number of hydrogen-bond donors (Lipinski definition) is 1. The summed E-state index contributed by atoms with van der Waals surface area (Å²) in [7, 11) is 0. The van der Waals surface area contributed by atoms with Crippen molar-refractivity contribution < 1.29 is 14.3 Å². The van der Waals surface area contributed by atoms with Crippen LogP contribution in [0.15, 0.2) is 11.8 Å². The summed E-state index contributed by atoms with van der Waals surface area (Å²) in [5, 5.41) is 2.94. The van der Waals surface area contributed by atoms with Crippen molar-refractivity contribution in [1.82, 2.24) is 5.32 Å². The number of rotatable bonds is 6. The Kier molecular flexibility index (Phi) is 5.00. The minimum atomic E-state index is -0.370. The molecule has 0 radical (unpaired) electrons. The van der Waals surface area contributed by atoms with Gasteiger partial charge in [0.05, 0.1) is 6.61 Å². The van der Waals surface area contributed by atoms with Crippen LogP contribution in [0.4, 0.5) is 0 Å². The van der Waals surface area contributed by atoms with Crippen LogP contribution in [-0.4, -0.2) is 24.4 Å². The van der Waals surface area contributed by atoms with Gasteiger partial charge in [0.15, 0.2) is 5.78 Å². The molecule has 19 heavy (non-hydrogen) atoms. The summed E-state index contributed by atoms with van der Waals surface area (Å²) >= 11 is 0. The fraction of sp³-hybridized carbons (Fsp3) is 0.733. The number of carbonyl (C=O) groups excluding carboxylic acids is 2. The Morgan fingerprint density at radius 1 is 1.37 bits per heavy atom. The number of ether oxygens (including phenoxy) is 1. The van der Waals surface area contributed by atoms with Crippen LogP contribution in [0.25, 0.3) is 0 Å². The van der Waals surface area contributed by atoms with Gasteiger partial charge in [-0.3, -0.25) is 4.79 Å². The van der Waals surface area contributed by atoms with E-state index in [0.717, 1.165) is 17.9 Å². The molecular formula is C15H23NO3. The maximum absolute atomic E-state index is 12.1. The fourth-order valence-corrected chi connectivity index (χ4v) is 2.92. The number of esters is 1. The van der Waals surface area contributed by atoms with E-state index < -0.39 is 0 Å². The van der Waals surface area contributed by atoms with Crippen LogP contribution in [0.3, 0.4) is 0 Å². The highest BCUT2D eigenvalue weighted by atomic mass is 16.5. The third kappa shape index (κ3) is 3.82. The van der Waals surface area contributed by atoms with Crippen LogP contribution >= 0.6 is 0 Å². The molecule has 0 aromatic heterocycles. The van der Waals surface area contributed by atoms with Crippen molar-refractivity contribution in [2.24, 2.45) is 5.92 Å². The van der Waals surface area contributed by atoms with Crippen molar-refractivity contribution in [2.45, 2.75) is 57.9 Å². The third-order valence-electron chi connectivity index (χ3n) is 4.07. The van der Waals surface area contributed by atoms with E-state index in [9.17, 15) is 9.59 Å². The van der Waals surface area contributed by atoms with Gasteiger partial charge in [-0.05, 0) is 19.3 Å². The predicted octanol–water partition coefficient (Wildman–Crippen LogP) is 2.33. The number of ketones is 1. The molecule has 1 N–H and O–H groups in total. The second-order valence-corrected chi connectivity index (χ2v) is 5.46. The van der Waals surface area contributed by atoms with Crippen LogP contribution in [-0.2, 0) is 14.3 Å². The predicted molar refractivity (Wildman–Crippen MR) is 72.5 cm³/mol. The van der Waals surface area contributed by atoms with E-state index in [0.29, 0.717) is 19.4 Å². The Morgan fingerprint density at radius 2 is 2.11 bits per heavy atom. The maximum Gasteiger partial charge on any atom is 0.328 e. The molecule has 0 amide bonds. The number of Topliss-reactive ketones (excluding diaryl/α,β-unsaturated/α-hetero) is 1. The van der Waals surface area contributed by atoms with Gasteiger partial charge < -0.3 is 10.1 Å². The molecular weight excluding hydrogens is 242 g/mol. The zero-order chi connectivity index (χ0) is 13.7. The van der Waals surface area contributed by atoms with Crippen LogP contribution in [0.1, 0.15) is 51.9 Å². The van der Waals surface area contributed by atoms with Crippen LogP contribution in [0.2, 0.25) is 0 Å².